The minimum Gasteiger partial charge on any atom is -0.503 e. The number of nitrogens with zero attached hydrogens (tertiary/aromatic N) is 4. The van der Waals surface area contributed by atoms with Crippen LogP contribution in [0.5, 0.6) is 5.75 Å². The highest BCUT2D eigenvalue weighted by Crippen LogP contribution is 2.22. The molecule has 0 bridgehead atoms. The maximum atomic E-state index is 11.5. The van der Waals surface area contributed by atoms with Gasteiger partial charge in [0.2, 0.25) is 5.43 Å². The van der Waals surface area contributed by atoms with Crippen LogP contribution in [0.15, 0.2) is 53.6 Å². The Hall–Kier alpha value is -2.89. The lowest BCUT2D eigenvalue weighted by molar-refractivity contribution is 0.353. The lowest BCUT2D eigenvalue weighted by atomic mass is 10.1. The number of aromatic nitrogens is 4. The lowest BCUT2D eigenvalue weighted by Crippen LogP contribution is -2.19. The molecule has 25 heavy (non-hydrogen) atoms. The average Bonchev–Trinajstić information content (AvgIpc) is 3.12. The third-order valence-corrected chi connectivity index (χ3v) is 4.40. The second-order valence-electron chi connectivity index (χ2n) is 6.16. The zero-order valence-corrected chi connectivity index (χ0v) is 14.5. The summed E-state index contributed by atoms with van der Waals surface area (Å²) >= 11 is 0. The van der Waals surface area contributed by atoms with Crippen molar-refractivity contribution in [3.63, 3.8) is 0 Å². The van der Waals surface area contributed by atoms with E-state index in [0.717, 1.165) is 24.1 Å². The third kappa shape index (κ3) is 3.63. The third-order valence-electron chi connectivity index (χ3n) is 4.40. The Balaban J connectivity index is 1.88. The van der Waals surface area contributed by atoms with E-state index in [1.165, 1.54) is 6.07 Å². The van der Waals surface area contributed by atoms with Crippen molar-refractivity contribution in [2.75, 3.05) is 0 Å². The van der Waals surface area contributed by atoms with Gasteiger partial charge in [-0.3, -0.25) is 4.79 Å². The Morgan fingerprint density at radius 1 is 1.20 bits per heavy atom. The summed E-state index contributed by atoms with van der Waals surface area (Å²) in [4.78, 5) is 11.5. The van der Waals surface area contributed by atoms with Crippen LogP contribution in [0.1, 0.15) is 31.5 Å². The van der Waals surface area contributed by atoms with Crippen LogP contribution >= 0.6 is 0 Å². The van der Waals surface area contributed by atoms with Crippen molar-refractivity contribution in [3.05, 3.63) is 64.7 Å². The molecule has 1 atom stereocenters. The van der Waals surface area contributed by atoms with Crippen molar-refractivity contribution in [2.45, 2.75) is 39.3 Å². The molecule has 3 aromatic rings. The predicted octanol–water partition coefficient (Wildman–Crippen LogP) is 3.16. The second kappa shape index (κ2) is 7.34. The van der Waals surface area contributed by atoms with Gasteiger partial charge in [0.25, 0.3) is 0 Å². The summed E-state index contributed by atoms with van der Waals surface area (Å²) in [6, 6.07) is 11.4. The normalized spacial score (nSPS) is 12.2. The van der Waals surface area contributed by atoms with Crippen LogP contribution < -0.4 is 5.43 Å². The van der Waals surface area contributed by atoms with Crippen molar-refractivity contribution in [3.8, 4) is 17.0 Å². The van der Waals surface area contributed by atoms with Gasteiger partial charge in [-0.25, -0.2) is 4.68 Å². The molecule has 6 nitrogen and oxygen atoms in total. The minimum absolute atomic E-state index is 0.0931. The molecule has 1 N–H and O–H groups in total. The SMILES string of the molecule is CCCC(Cn1ccc(=O)c(O)c1C)n1cc(-c2ccccc2)nn1. The number of hydrogen-bond acceptors (Lipinski definition) is 4. The fourth-order valence-corrected chi connectivity index (χ4v) is 2.92. The Morgan fingerprint density at radius 2 is 1.96 bits per heavy atom. The van der Waals surface area contributed by atoms with E-state index < -0.39 is 0 Å². The second-order valence-corrected chi connectivity index (χ2v) is 6.16. The first-order chi connectivity index (χ1) is 12.1. The van der Waals surface area contributed by atoms with Crippen LogP contribution in [0, 0.1) is 6.92 Å². The zero-order chi connectivity index (χ0) is 17.8. The molecule has 0 aliphatic heterocycles. The molecule has 0 spiro atoms. The van der Waals surface area contributed by atoms with E-state index in [4.69, 9.17) is 0 Å². The smallest absolute Gasteiger partial charge is 0.223 e. The summed E-state index contributed by atoms with van der Waals surface area (Å²) in [6.07, 6.45) is 5.59. The predicted molar refractivity (Wildman–Crippen MR) is 96.5 cm³/mol. The topological polar surface area (TPSA) is 72.9 Å². The first-order valence-corrected chi connectivity index (χ1v) is 8.46. The lowest BCUT2D eigenvalue weighted by Gasteiger charge is -2.20. The van der Waals surface area contributed by atoms with Gasteiger partial charge in [-0.05, 0) is 13.3 Å². The van der Waals surface area contributed by atoms with Crippen molar-refractivity contribution in [2.24, 2.45) is 0 Å². The molecule has 130 valence electrons. The van der Waals surface area contributed by atoms with Gasteiger partial charge < -0.3 is 9.67 Å². The Kier molecular flexibility index (Phi) is 4.97. The fourth-order valence-electron chi connectivity index (χ4n) is 2.92. The van der Waals surface area contributed by atoms with Crippen LogP contribution in [0.4, 0.5) is 0 Å². The molecule has 0 saturated carbocycles. The molecule has 2 aromatic heterocycles. The minimum atomic E-state index is -0.354. The molecule has 6 heteroatoms. The van der Waals surface area contributed by atoms with Crippen molar-refractivity contribution < 1.29 is 5.11 Å². The van der Waals surface area contributed by atoms with E-state index in [9.17, 15) is 9.90 Å². The number of aromatic hydroxyl groups is 1. The van der Waals surface area contributed by atoms with E-state index in [-0.39, 0.29) is 17.2 Å². The molecule has 0 aliphatic rings. The molecule has 0 fully saturated rings. The van der Waals surface area contributed by atoms with Crippen LogP contribution in [0.2, 0.25) is 0 Å². The number of rotatable bonds is 6. The quantitative estimate of drug-likeness (QED) is 0.749. The van der Waals surface area contributed by atoms with E-state index in [0.29, 0.717) is 12.2 Å². The summed E-state index contributed by atoms with van der Waals surface area (Å²) in [6.45, 7) is 4.49. The summed E-state index contributed by atoms with van der Waals surface area (Å²) in [7, 11) is 0. The molecule has 1 aromatic carbocycles. The van der Waals surface area contributed by atoms with Gasteiger partial charge in [0.15, 0.2) is 5.75 Å². The molecule has 2 heterocycles. The van der Waals surface area contributed by atoms with E-state index >= 15 is 0 Å². The molecule has 0 saturated heterocycles. The van der Waals surface area contributed by atoms with Gasteiger partial charge in [-0.15, -0.1) is 5.10 Å². The monoisotopic (exact) mass is 338 g/mol. The van der Waals surface area contributed by atoms with Crippen LogP contribution in [-0.4, -0.2) is 24.7 Å². The number of benzene rings is 1. The summed E-state index contributed by atoms with van der Waals surface area (Å²) in [5.74, 6) is -0.193. The highest BCUT2D eigenvalue weighted by Gasteiger charge is 2.16. The molecule has 0 amide bonds. The molecule has 0 radical (unpaired) electrons. The van der Waals surface area contributed by atoms with Crippen molar-refractivity contribution in [1.29, 1.82) is 0 Å². The van der Waals surface area contributed by atoms with Gasteiger partial charge in [0, 0.05) is 24.4 Å². The summed E-state index contributed by atoms with van der Waals surface area (Å²) in [5.41, 5.74) is 2.08. The molecule has 0 aliphatic carbocycles. The Morgan fingerprint density at radius 3 is 2.68 bits per heavy atom. The largest absolute Gasteiger partial charge is 0.503 e. The summed E-state index contributed by atoms with van der Waals surface area (Å²) in [5, 5.41) is 18.5. The van der Waals surface area contributed by atoms with Gasteiger partial charge in [-0.2, -0.15) is 0 Å². The first kappa shape index (κ1) is 17.0. The standard InChI is InChI=1S/C19H22N4O2/c1-3-7-16(12-22-11-10-18(24)19(25)14(22)2)23-13-17(20-21-23)15-8-5-4-6-9-15/h4-6,8-11,13,16,25H,3,7,12H2,1-2H3. The molecular formula is C19H22N4O2. The van der Waals surface area contributed by atoms with Crippen LogP contribution in [0.3, 0.4) is 0 Å². The van der Waals surface area contributed by atoms with Crippen LogP contribution in [-0.2, 0) is 6.54 Å². The van der Waals surface area contributed by atoms with Crippen LogP contribution in [0.25, 0.3) is 11.3 Å². The highest BCUT2D eigenvalue weighted by molar-refractivity contribution is 5.57. The van der Waals surface area contributed by atoms with E-state index in [1.54, 1.807) is 13.1 Å². The number of pyridine rings is 1. The maximum absolute atomic E-state index is 11.5. The first-order valence-electron chi connectivity index (χ1n) is 8.46. The Labute approximate surface area is 146 Å². The summed E-state index contributed by atoms with van der Waals surface area (Å²) < 4.78 is 3.77. The van der Waals surface area contributed by atoms with Gasteiger partial charge in [0.05, 0.1) is 17.9 Å². The van der Waals surface area contributed by atoms with Gasteiger partial charge >= 0.3 is 0 Å². The number of hydrogen-bond donors (Lipinski definition) is 1. The van der Waals surface area contributed by atoms with E-state index in [2.05, 4.69) is 17.2 Å². The van der Waals surface area contributed by atoms with Gasteiger partial charge in [-0.1, -0.05) is 48.9 Å². The fraction of sp³-hybridized carbons (Fsp3) is 0.316. The Bertz CT molecular complexity index is 899. The maximum Gasteiger partial charge on any atom is 0.223 e. The molecule has 3 rings (SSSR count). The highest BCUT2D eigenvalue weighted by atomic mass is 16.3. The van der Waals surface area contributed by atoms with Gasteiger partial charge in [0.1, 0.15) is 5.69 Å². The zero-order valence-electron chi connectivity index (χ0n) is 14.5. The van der Waals surface area contributed by atoms with E-state index in [1.807, 2.05) is 45.8 Å². The average molecular weight is 338 g/mol. The van der Waals surface area contributed by atoms with Crippen molar-refractivity contribution in [1.82, 2.24) is 19.6 Å². The van der Waals surface area contributed by atoms with Crippen molar-refractivity contribution >= 4 is 0 Å². The molecular weight excluding hydrogens is 316 g/mol. The molecule has 1 unspecified atom stereocenters.